The molecular weight excluding hydrogens is 536 g/mol. The number of hydrogen-bond acceptors (Lipinski definition) is 6. The van der Waals surface area contributed by atoms with Crippen molar-refractivity contribution in [3.8, 4) is 11.8 Å². The molecule has 1 amide bonds. The maximum Gasteiger partial charge on any atom is 0.225 e. The fourth-order valence-electron chi connectivity index (χ4n) is 5.06. The molecule has 2 saturated heterocycles. The maximum absolute atomic E-state index is 12.7. The fourth-order valence-corrected chi connectivity index (χ4v) is 6.67. The standard InChI is InChI=1S/C28H31BrN4O2S/c29-25-14-19(4-5-26(25)35-22-6-10-31-11-7-22)18-33-12-8-21(9-13-33)32-28(34)16-23-15-24-20(17-30)2-1-3-27(24)36-23/h1-5,14-15,21-22,31H,6-13,16,18H2,(H,32,34). The number of ether oxygens (including phenoxy) is 1. The molecule has 2 N–H and O–H groups in total. The number of fused-ring (bicyclic) bond motifs is 1. The van der Waals surface area contributed by atoms with Crippen LogP contribution in [0, 0.1) is 11.3 Å². The first-order chi connectivity index (χ1) is 17.6. The average molecular weight is 568 g/mol. The van der Waals surface area contributed by atoms with Crippen LogP contribution in [-0.4, -0.2) is 49.1 Å². The smallest absolute Gasteiger partial charge is 0.225 e. The highest BCUT2D eigenvalue weighted by Crippen LogP contribution is 2.30. The van der Waals surface area contributed by atoms with Gasteiger partial charge in [0.25, 0.3) is 0 Å². The highest BCUT2D eigenvalue weighted by atomic mass is 79.9. The number of carbonyl (C=O) groups excluding carboxylic acids is 1. The largest absolute Gasteiger partial charge is 0.489 e. The molecule has 1 aromatic heterocycles. The molecular formula is C28H31BrN4O2S. The zero-order valence-electron chi connectivity index (χ0n) is 20.3. The van der Waals surface area contributed by atoms with Gasteiger partial charge in [0, 0.05) is 40.6 Å². The highest BCUT2D eigenvalue weighted by molar-refractivity contribution is 9.10. The number of amides is 1. The summed E-state index contributed by atoms with van der Waals surface area (Å²) in [5.41, 5.74) is 1.93. The number of benzene rings is 2. The molecule has 0 bridgehead atoms. The van der Waals surface area contributed by atoms with Crippen LogP contribution in [0.3, 0.4) is 0 Å². The summed E-state index contributed by atoms with van der Waals surface area (Å²) in [4.78, 5) is 16.1. The van der Waals surface area contributed by atoms with E-state index in [9.17, 15) is 10.1 Å². The van der Waals surface area contributed by atoms with Gasteiger partial charge in [0.2, 0.25) is 5.91 Å². The van der Waals surface area contributed by atoms with Crippen molar-refractivity contribution in [1.82, 2.24) is 15.5 Å². The molecule has 2 aromatic carbocycles. The Hall–Kier alpha value is -2.44. The summed E-state index contributed by atoms with van der Waals surface area (Å²) in [6.45, 7) is 4.86. The van der Waals surface area contributed by atoms with Crippen molar-refractivity contribution in [1.29, 1.82) is 5.26 Å². The summed E-state index contributed by atoms with van der Waals surface area (Å²) < 4.78 is 8.27. The number of halogens is 1. The summed E-state index contributed by atoms with van der Waals surface area (Å²) in [6, 6.07) is 16.6. The summed E-state index contributed by atoms with van der Waals surface area (Å²) >= 11 is 5.29. The first kappa shape index (κ1) is 25.2. The van der Waals surface area contributed by atoms with Crippen LogP contribution in [0.25, 0.3) is 10.1 Å². The van der Waals surface area contributed by atoms with E-state index in [0.29, 0.717) is 12.0 Å². The van der Waals surface area contributed by atoms with Gasteiger partial charge in [0.05, 0.1) is 22.5 Å². The molecule has 2 fully saturated rings. The van der Waals surface area contributed by atoms with Gasteiger partial charge in [-0.05, 0) is 90.6 Å². The lowest BCUT2D eigenvalue weighted by molar-refractivity contribution is -0.121. The van der Waals surface area contributed by atoms with Gasteiger partial charge >= 0.3 is 0 Å². The van der Waals surface area contributed by atoms with Gasteiger partial charge < -0.3 is 15.4 Å². The van der Waals surface area contributed by atoms with E-state index >= 15 is 0 Å². The quantitative estimate of drug-likeness (QED) is 0.421. The molecule has 0 unspecified atom stereocenters. The molecule has 8 heteroatoms. The SMILES string of the molecule is N#Cc1cccc2sc(CC(=O)NC3CCN(Cc4ccc(OC5CCNCC5)c(Br)c4)CC3)cc12. The first-order valence-corrected chi connectivity index (χ1v) is 14.3. The number of piperidine rings is 2. The van der Waals surface area contributed by atoms with Crippen molar-refractivity contribution < 1.29 is 9.53 Å². The minimum atomic E-state index is 0.0618. The summed E-state index contributed by atoms with van der Waals surface area (Å²) in [6.07, 6.45) is 4.66. The predicted molar refractivity (Wildman–Crippen MR) is 147 cm³/mol. The van der Waals surface area contributed by atoms with Crippen molar-refractivity contribution in [3.63, 3.8) is 0 Å². The molecule has 3 heterocycles. The number of nitrogens with one attached hydrogen (secondary N) is 2. The maximum atomic E-state index is 12.7. The molecule has 6 nitrogen and oxygen atoms in total. The number of thiophene rings is 1. The molecule has 2 aliphatic heterocycles. The predicted octanol–water partition coefficient (Wildman–Crippen LogP) is 4.99. The molecule has 0 atom stereocenters. The molecule has 188 valence electrons. The molecule has 5 rings (SSSR count). The number of likely N-dealkylation sites (tertiary alicyclic amines) is 1. The third kappa shape index (κ3) is 6.27. The van der Waals surface area contributed by atoms with Crippen molar-refractivity contribution in [2.75, 3.05) is 26.2 Å². The van der Waals surface area contributed by atoms with Crippen molar-refractivity contribution in [3.05, 3.63) is 62.9 Å². The minimum Gasteiger partial charge on any atom is -0.489 e. The van der Waals surface area contributed by atoms with Crippen LogP contribution < -0.4 is 15.4 Å². The second kappa shape index (κ2) is 11.7. The Bertz CT molecular complexity index is 1260. The Kier molecular flexibility index (Phi) is 8.22. The molecule has 2 aliphatic rings. The van der Waals surface area contributed by atoms with Gasteiger partial charge in [-0.2, -0.15) is 5.26 Å². The molecule has 0 radical (unpaired) electrons. The number of nitriles is 1. The lowest BCUT2D eigenvalue weighted by Gasteiger charge is -2.32. The van der Waals surface area contributed by atoms with Crippen LogP contribution in [0.5, 0.6) is 5.75 Å². The zero-order chi connectivity index (χ0) is 24.9. The van der Waals surface area contributed by atoms with Gasteiger partial charge in [-0.1, -0.05) is 12.1 Å². The lowest BCUT2D eigenvalue weighted by Crippen LogP contribution is -2.44. The Morgan fingerprint density at radius 1 is 1.17 bits per heavy atom. The van der Waals surface area contributed by atoms with Gasteiger partial charge in [0.15, 0.2) is 0 Å². The second-order valence-electron chi connectivity index (χ2n) is 9.67. The Balaban J connectivity index is 1.08. The van der Waals surface area contributed by atoms with E-state index in [0.717, 1.165) is 83.6 Å². The average Bonchev–Trinajstić information content (AvgIpc) is 3.30. The molecule has 3 aromatic rings. The number of rotatable bonds is 7. The van der Waals surface area contributed by atoms with E-state index in [-0.39, 0.29) is 18.1 Å². The summed E-state index contributed by atoms with van der Waals surface area (Å²) in [5.74, 6) is 0.987. The van der Waals surface area contributed by atoms with Crippen LogP contribution in [0.1, 0.15) is 41.7 Å². The Morgan fingerprint density at radius 3 is 2.72 bits per heavy atom. The van der Waals surface area contributed by atoms with Crippen LogP contribution in [-0.2, 0) is 17.8 Å². The summed E-state index contributed by atoms with van der Waals surface area (Å²) in [5, 5.41) is 16.8. The van der Waals surface area contributed by atoms with Crippen LogP contribution in [0.15, 0.2) is 46.9 Å². The third-order valence-electron chi connectivity index (χ3n) is 7.00. The summed E-state index contributed by atoms with van der Waals surface area (Å²) in [7, 11) is 0. The Labute approximate surface area is 224 Å². The van der Waals surface area contributed by atoms with E-state index in [4.69, 9.17) is 4.74 Å². The number of hydrogen-bond donors (Lipinski definition) is 2. The molecule has 36 heavy (non-hydrogen) atoms. The van der Waals surface area contributed by atoms with E-state index in [1.165, 1.54) is 5.56 Å². The van der Waals surface area contributed by atoms with E-state index in [2.05, 4.69) is 55.7 Å². The lowest BCUT2D eigenvalue weighted by atomic mass is 10.0. The van der Waals surface area contributed by atoms with Gasteiger partial charge in [-0.3, -0.25) is 9.69 Å². The van der Waals surface area contributed by atoms with E-state index in [1.54, 1.807) is 11.3 Å². The monoisotopic (exact) mass is 566 g/mol. The fraction of sp³-hybridized carbons (Fsp3) is 0.429. The normalized spacial score (nSPS) is 17.7. The third-order valence-corrected chi connectivity index (χ3v) is 8.72. The topological polar surface area (TPSA) is 77.4 Å². The van der Waals surface area contributed by atoms with Crippen LogP contribution >= 0.6 is 27.3 Å². The molecule has 0 spiro atoms. The van der Waals surface area contributed by atoms with Gasteiger partial charge in [-0.15, -0.1) is 11.3 Å². The molecule has 0 saturated carbocycles. The van der Waals surface area contributed by atoms with Crippen molar-refractivity contribution in [2.45, 2.75) is 50.8 Å². The minimum absolute atomic E-state index is 0.0618. The van der Waals surface area contributed by atoms with Crippen LogP contribution in [0.4, 0.5) is 0 Å². The van der Waals surface area contributed by atoms with E-state index in [1.807, 2.05) is 24.3 Å². The number of nitrogens with zero attached hydrogens (tertiary/aromatic N) is 2. The van der Waals surface area contributed by atoms with Crippen molar-refractivity contribution >= 4 is 43.3 Å². The first-order valence-electron chi connectivity index (χ1n) is 12.7. The molecule has 0 aliphatic carbocycles. The van der Waals surface area contributed by atoms with Crippen molar-refractivity contribution in [2.24, 2.45) is 0 Å². The van der Waals surface area contributed by atoms with E-state index < -0.39 is 0 Å². The second-order valence-corrected chi connectivity index (χ2v) is 11.7. The van der Waals surface area contributed by atoms with Gasteiger partial charge in [-0.25, -0.2) is 0 Å². The van der Waals surface area contributed by atoms with Crippen LogP contribution in [0.2, 0.25) is 0 Å². The Morgan fingerprint density at radius 2 is 1.97 bits per heavy atom. The van der Waals surface area contributed by atoms with Gasteiger partial charge in [0.1, 0.15) is 11.9 Å². The highest BCUT2D eigenvalue weighted by Gasteiger charge is 2.22. The number of carbonyl (C=O) groups is 1. The zero-order valence-corrected chi connectivity index (χ0v) is 22.7.